The maximum atomic E-state index is 12.9. The SMILES string of the molecule is O=C(c1cc(N2CCOCC2)ccn1)N1CC[C@@H]2CCCC[C@@H]2C1. The molecule has 0 N–H and O–H groups in total. The Morgan fingerprint density at radius 2 is 1.88 bits per heavy atom. The second-order valence-electron chi connectivity index (χ2n) is 7.34. The fourth-order valence-corrected chi connectivity index (χ4v) is 4.50. The van der Waals surface area contributed by atoms with Gasteiger partial charge in [-0.05, 0) is 36.8 Å². The molecule has 0 radical (unpaired) electrons. The number of piperidine rings is 1. The summed E-state index contributed by atoms with van der Waals surface area (Å²) in [6.45, 7) is 5.08. The molecule has 5 nitrogen and oxygen atoms in total. The van der Waals surface area contributed by atoms with Gasteiger partial charge in [0.05, 0.1) is 13.2 Å². The zero-order valence-corrected chi connectivity index (χ0v) is 14.3. The van der Waals surface area contributed by atoms with E-state index in [1.807, 2.05) is 17.0 Å². The molecule has 24 heavy (non-hydrogen) atoms. The zero-order chi connectivity index (χ0) is 16.4. The van der Waals surface area contributed by atoms with Gasteiger partial charge in [-0.25, -0.2) is 0 Å². The van der Waals surface area contributed by atoms with Crippen molar-refractivity contribution in [3.05, 3.63) is 24.0 Å². The highest BCUT2D eigenvalue weighted by Gasteiger charge is 2.33. The number of likely N-dealkylation sites (tertiary alicyclic amines) is 1. The van der Waals surface area contributed by atoms with E-state index in [2.05, 4.69) is 9.88 Å². The van der Waals surface area contributed by atoms with Crippen LogP contribution < -0.4 is 4.90 Å². The fourth-order valence-electron chi connectivity index (χ4n) is 4.50. The van der Waals surface area contributed by atoms with Crippen LogP contribution in [0, 0.1) is 11.8 Å². The number of anilines is 1. The van der Waals surface area contributed by atoms with Crippen molar-refractivity contribution in [3.8, 4) is 0 Å². The highest BCUT2D eigenvalue weighted by Crippen LogP contribution is 2.36. The van der Waals surface area contributed by atoms with Gasteiger partial charge in [-0.1, -0.05) is 19.3 Å². The molecule has 1 amide bonds. The maximum Gasteiger partial charge on any atom is 0.272 e. The van der Waals surface area contributed by atoms with Gasteiger partial charge in [0.15, 0.2) is 0 Å². The number of fused-ring (bicyclic) bond motifs is 1. The normalized spacial score (nSPS) is 27.7. The van der Waals surface area contributed by atoms with Crippen molar-refractivity contribution in [3.63, 3.8) is 0 Å². The first-order valence-electron chi connectivity index (χ1n) is 9.39. The highest BCUT2D eigenvalue weighted by atomic mass is 16.5. The van der Waals surface area contributed by atoms with Crippen LogP contribution in [0.2, 0.25) is 0 Å². The summed E-state index contributed by atoms with van der Waals surface area (Å²) in [7, 11) is 0. The largest absolute Gasteiger partial charge is 0.378 e. The predicted molar refractivity (Wildman–Crippen MR) is 93.2 cm³/mol. The Labute approximate surface area is 144 Å². The third-order valence-electron chi connectivity index (χ3n) is 5.92. The maximum absolute atomic E-state index is 12.9. The molecule has 130 valence electrons. The minimum absolute atomic E-state index is 0.106. The van der Waals surface area contributed by atoms with E-state index in [0.717, 1.165) is 51.0 Å². The Bertz CT molecular complexity index is 586. The van der Waals surface area contributed by atoms with Gasteiger partial charge < -0.3 is 14.5 Å². The Balaban J connectivity index is 1.46. The highest BCUT2D eigenvalue weighted by molar-refractivity contribution is 5.93. The van der Waals surface area contributed by atoms with Gasteiger partial charge in [0.25, 0.3) is 5.91 Å². The van der Waals surface area contributed by atoms with Crippen LogP contribution in [0.5, 0.6) is 0 Å². The van der Waals surface area contributed by atoms with E-state index in [9.17, 15) is 4.79 Å². The van der Waals surface area contributed by atoms with Gasteiger partial charge in [0.2, 0.25) is 0 Å². The summed E-state index contributed by atoms with van der Waals surface area (Å²) in [5.74, 6) is 1.66. The molecular formula is C19H27N3O2. The molecule has 3 heterocycles. The smallest absolute Gasteiger partial charge is 0.272 e. The fraction of sp³-hybridized carbons (Fsp3) is 0.684. The number of morpholine rings is 1. The molecule has 4 rings (SSSR count). The van der Waals surface area contributed by atoms with Crippen molar-refractivity contribution >= 4 is 11.6 Å². The van der Waals surface area contributed by atoms with Crippen molar-refractivity contribution in [2.75, 3.05) is 44.3 Å². The lowest BCUT2D eigenvalue weighted by molar-refractivity contribution is 0.0515. The number of hydrogen-bond donors (Lipinski definition) is 0. The van der Waals surface area contributed by atoms with E-state index >= 15 is 0 Å². The number of carbonyl (C=O) groups excluding carboxylic acids is 1. The topological polar surface area (TPSA) is 45.7 Å². The zero-order valence-electron chi connectivity index (χ0n) is 14.3. The Kier molecular flexibility index (Phi) is 4.69. The van der Waals surface area contributed by atoms with Gasteiger partial charge in [-0.15, -0.1) is 0 Å². The van der Waals surface area contributed by atoms with Gasteiger partial charge in [0.1, 0.15) is 5.69 Å². The molecule has 2 saturated heterocycles. The second-order valence-corrected chi connectivity index (χ2v) is 7.34. The monoisotopic (exact) mass is 329 g/mol. The average molecular weight is 329 g/mol. The summed E-state index contributed by atoms with van der Waals surface area (Å²) in [5.41, 5.74) is 1.68. The van der Waals surface area contributed by atoms with Crippen molar-refractivity contribution in [2.45, 2.75) is 32.1 Å². The molecule has 3 aliphatic rings. The number of rotatable bonds is 2. The Morgan fingerprint density at radius 3 is 2.71 bits per heavy atom. The lowest BCUT2D eigenvalue weighted by Crippen LogP contribution is -2.45. The average Bonchev–Trinajstić information content (AvgIpc) is 2.68. The molecule has 0 bridgehead atoms. The third-order valence-corrected chi connectivity index (χ3v) is 5.92. The van der Waals surface area contributed by atoms with Crippen LogP contribution in [0.3, 0.4) is 0 Å². The van der Waals surface area contributed by atoms with Gasteiger partial charge in [-0.3, -0.25) is 9.78 Å². The first-order valence-corrected chi connectivity index (χ1v) is 9.39. The summed E-state index contributed by atoms with van der Waals surface area (Å²) in [6.07, 6.45) is 8.28. The number of hydrogen-bond acceptors (Lipinski definition) is 4. The summed E-state index contributed by atoms with van der Waals surface area (Å²) in [5, 5.41) is 0. The van der Waals surface area contributed by atoms with E-state index < -0.39 is 0 Å². The van der Waals surface area contributed by atoms with Crippen LogP contribution in [0.25, 0.3) is 0 Å². The Morgan fingerprint density at radius 1 is 1.08 bits per heavy atom. The van der Waals surface area contributed by atoms with E-state index in [1.54, 1.807) is 6.20 Å². The molecule has 3 fully saturated rings. The molecule has 1 aromatic heterocycles. The second kappa shape index (κ2) is 7.09. The van der Waals surface area contributed by atoms with E-state index in [-0.39, 0.29) is 5.91 Å². The lowest BCUT2D eigenvalue weighted by atomic mass is 9.75. The molecule has 0 unspecified atom stereocenters. The summed E-state index contributed by atoms with van der Waals surface area (Å²) in [6, 6.07) is 3.95. The minimum Gasteiger partial charge on any atom is -0.378 e. The first-order chi connectivity index (χ1) is 11.8. The standard InChI is InChI=1S/C19H27N3O2/c23-19(22-8-6-15-3-1-2-4-16(15)14-22)18-13-17(5-7-20-18)21-9-11-24-12-10-21/h5,7,13,15-16H,1-4,6,8-12,14H2/t15-,16+/m0/s1. The van der Waals surface area contributed by atoms with Crippen molar-refractivity contribution in [2.24, 2.45) is 11.8 Å². The van der Waals surface area contributed by atoms with E-state index in [0.29, 0.717) is 11.6 Å². The number of aromatic nitrogens is 1. The number of amides is 1. The van der Waals surface area contributed by atoms with E-state index in [4.69, 9.17) is 4.74 Å². The van der Waals surface area contributed by atoms with Gasteiger partial charge in [0, 0.05) is 38.1 Å². The molecule has 1 aromatic rings. The number of carbonyl (C=O) groups is 1. The predicted octanol–water partition coefficient (Wildman–Crippen LogP) is 2.57. The molecule has 1 saturated carbocycles. The number of pyridine rings is 1. The van der Waals surface area contributed by atoms with Crippen LogP contribution in [-0.2, 0) is 4.74 Å². The molecule has 2 aliphatic heterocycles. The summed E-state index contributed by atoms with van der Waals surface area (Å²) in [4.78, 5) is 21.6. The molecular weight excluding hydrogens is 302 g/mol. The number of nitrogens with zero attached hydrogens (tertiary/aromatic N) is 3. The Hall–Kier alpha value is -1.62. The number of ether oxygens (including phenoxy) is 1. The summed E-state index contributed by atoms with van der Waals surface area (Å²) < 4.78 is 5.41. The van der Waals surface area contributed by atoms with E-state index in [1.165, 1.54) is 32.1 Å². The van der Waals surface area contributed by atoms with Crippen LogP contribution in [0.4, 0.5) is 5.69 Å². The van der Waals surface area contributed by atoms with Crippen LogP contribution in [-0.4, -0.2) is 55.2 Å². The van der Waals surface area contributed by atoms with Gasteiger partial charge in [-0.2, -0.15) is 0 Å². The molecule has 1 aliphatic carbocycles. The first kappa shape index (κ1) is 15.9. The molecule has 2 atom stereocenters. The summed E-state index contributed by atoms with van der Waals surface area (Å²) >= 11 is 0. The molecule has 0 aromatic carbocycles. The lowest BCUT2D eigenvalue weighted by Gasteiger charge is -2.41. The van der Waals surface area contributed by atoms with Crippen molar-refractivity contribution < 1.29 is 9.53 Å². The van der Waals surface area contributed by atoms with Crippen molar-refractivity contribution in [1.29, 1.82) is 0 Å². The van der Waals surface area contributed by atoms with Crippen LogP contribution in [0.15, 0.2) is 18.3 Å². The van der Waals surface area contributed by atoms with Crippen molar-refractivity contribution in [1.82, 2.24) is 9.88 Å². The molecule has 5 heteroatoms. The van der Waals surface area contributed by atoms with Crippen LogP contribution in [0.1, 0.15) is 42.6 Å². The molecule has 0 spiro atoms. The quantitative estimate of drug-likeness (QED) is 0.836. The minimum atomic E-state index is 0.106. The van der Waals surface area contributed by atoms with Crippen LogP contribution >= 0.6 is 0 Å². The van der Waals surface area contributed by atoms with Gasteiger partial charge >= 0.3 is 0 Å². The third kappa shape index (κ3) is 3.27.